The van der Waals surface area contributed by atoms with E-state index in [9.17, 15) is 9.59 Å². The van der Waals surface area contributed by atoms with Crippen molar-refractivity contribution < 1.29 is 14.3 Å². The number of ether oxygens (including phenoxy) is 1. The minimum atomic E-state index is -0.334. The van der Waals surface area contributed by atoms with Gasteiger partial charge < -0.3 is 4.74 Å². The number of alkyl halides is 1. The molecule has 0 heterocycles. The molecule has 0 unspecified atom stereocenters. The molecule has 1 aromatic rings. The molecule has 19 heavy (non-hydrogen) atoms. The van der Waals surface area contributed by atoms with E-state index < -0.39 is 0 Å². The van der Waals surface area contributed by atoms with Crippen molar-refractivity contribution in [2.75, 3.05) is 11.9 Å². The largest absolute Gasteiger partial charge is 0.466 e. The van der Waals surface area contributed by atoms with E-state index in [2.05, 4.69) is 15.9 Å². The molecule has 0 saturated carbocycles. The van der Waals surface area contributed by atoms with Crippen LogP contribution in [0.4, 0.5) is 0 Å². The maximum Gasteiger partial charge on any atom is 0.310 e. The molecule has 0 bridgehead atoms. The first-order valence-electron chi connectivity index (χ1n) is 5.85. The first-order valence-corrected chi connectivity index (χ1v) is 6.98. The number of nitrogens with zero attached hydrogens (tertiary/aromatic N) is 1. The highest BCUT2D eigenvalue weighted by Gasteiger charge is 2.12. The van der Waals surface area contributed by atoms with Gasteiger partial charge in [-0.05, 0) is 30.2 Å². The molecule has 0 aliphatic rings. The number of benzene rings is 1. The summed E-state index contributed by atoms with van der Waals surface area (Å²) in [6.07, 6.45) is 0.319. The Kier molecular flexibility index (Phi) is 6.23. The summed E-state index contributed by atoms with van der Waals surface area (Å²) < 4.78 is 4.89. The summed E-state index contributed by atoms with van der Waals surface area (Å²) in [7, 11) is 0. The molecule has 0 N–H and O–H groups in total. The van der Waals surface area contributed by atoms with E-state index in [-0.39, 0.29) is 29.9 Å². The fraction of sp³-hybridized carbons (Fsp3) is 0.357. The molecule has 5 heteroatoms. The third kappa shape index (κ3) is 4.84. The van der Waals surface area contributed by atoms with E-state index >= 15 is 0 Å². The lowest BCUT2D eigenvalue weighted by molar-refractivity contribution is -0.142. The smallest absolute Gasteiger partial charge is 0.310 e. The predicted octanol–water partition coefficient (Wildman–Crippen LogP) is 2.17. The Balaban J connectivity index is 2.98. The summed E-state index contributed by atoms with van der Waals surface area (Å²) in [6.45, 7) is 2.07. The summed E-state index contributed by atoms with van der Waals surface area (Å²) in [4.78, 5) is 23.0. The van der Waals surface area contributed by atoms with Crippen molar-refractivity contribution in [1.82, 2.24) is 0 Å². The first kappa shape index (κ1) is 15.4. The molecule has 0 aliphatic carbocycles. The number of hydrogen-bond donors (Lipinski definition) is 0. The maximum atomic E-state index is 11.5. The van der Waals surface area contributed by atoms with Gasteiger partial charge in [0.25, 0.3) is 0 Å². The highest BCUT2D eigenvalue weighted by molar-refractivity contribution is 9.09. The molecule has 0 atom stereocenters. The molecule has 0 aromatic heterocycles. The Morgan fingerprint density at radius 2 is 2.05 bits per heavy atom. The number of carbonyl (C=O) groups excluding carboxylic acids is 2. The van der Waals surface area contributed by atoms with Gasteiger partial charge in [-0.15, -0.1) is 0 Å². The van der Waals surface area contributed by atoms with Crippen molar-refractivity contribution in [2.45, 2.75) is 19.8 Å². The van der Waals surface area contributed by atoms with Gasteiger partial charge in [-0.25, -0.2) is 0 Å². The van der Waals surface area contributed by atoms with Gasteiger partial charge in [0.05, 0.1) is 30.0 Å². The fourth-order valence-corrected chi connectivity index (χ4v) is 1.86. The maximum absolute atomic E-state index is 11.5. The van der Waals surface area contributed by atoms with Crippen LogP contribution in [0.2, 0.25) is 0 Å². The van der Waals surface area contributed by atoms with Crippen LogP contribution < -0.4 is 0 Å². The molecule has 100 valence electrons. The van der Waals surface area contributed by atoms with E-state index in [1.165, 1.54) is 0 Å². The second-order valence-corrected chi connectivity index (χ2v) is 4.49. The number of halogens is 1. The number of nitriles is 1. The summed E-state index contributed by atoms with van der Waals surface area (Å²) in [6, 6.07) is 7.01. The third-order valence-corrected chi connectivity index (χ3v) is 3.14. The van der Waals surface area contributed by atoms with Crippen molar-refractivity contribution in [2.24, 2.45) is 0 Å². The average molecular weight is 324 g/mol. The lowest BCUT2D eigenvalue weighted by Gasteiger charge is -2.09. The lowest BCUT2D eigenvalue weighted by atomic mass is 9.98. The van der Waals surface area contributed by atoms with Crippen molar-refractivity contribution in [1.29, 1.82) is 5.26 Å². The van der Waals surface area contributed by atoms with Gasteiger partial charge in [-0.3, -0.25) is 9.59 Å². The summed E-state index contributed by atoms with van der Waals surface area (Å²) >= 11 is 3.10. The monoisotopic (exact) mass is 323 g/mol. The molecule has 0 fully saturated rings. The van der Waals surface area contributed by atoms with Crippen LogP contribution in [0.15, 0.2) is 18.2 Å². The average Bonchev–Trinajstić information content (AvgIpc) is 2.40. The number of rotatable bonds is 6. The Bertz CT molecular complexity index is 520. The van der Waals surface area contributed by atoms with E-state index in [4.69, 9.17) is 10.00 Å². The molecule has 0 saturated heterocycles. The van der Waals surface area contributed by atoms with Gasteiger partial charge in [0.15, 0.2) is 0 Å². The molecular formula is C14H14BrNO3. The van der Waals surface area contributed by atoms with Crippen LogP contribution in [0.1, 0.15) is 23.6 Å². The lowest BCUT2D eigenvalue weighted by Crippen LogP contribution is -2.12. The van der Waals surface area contributed by atoms with Gasteiger partial charge in [-0.1, -0.05) is 22.0 Å². The summed E-state index contributed by atoms with van der Waals surface area (Å²) in [5.74, 6) is -0.333. The Morgan fingerprint density at radius 3 is 2.63 bits per heavy atom. The highest BCUT2D eigenvalue weighted by Crippen LogP contribution is 2.15. The van der Waals surface area contributed by atoms with Crippen LogP contribution in [-0.2, 0) is 27.2 Å². The Labute approximate surface area is 120 Å². The van der Waals surface area contributed by atoms with Gasteiger partial charge in [0, 0.05) is 6.42 Å². The second-order valence-electron chi connectivity index (χ2n) is 3.93. The quantitative estimate of drug-likeness (QED) is 0.594. The van der Waals surface area contributed by atoms with Gasteiger partial charge in [0.1, 0.15) is 5.78 Å². The Morgan fingerprint density at radius 1 is 1.32 bits per heavy atom. The predicted molar refractivity (Wildman–Crippen MR) is 74.0 cm³/mol. The minimum absolute atomic E-state index is 0.000184. The molecular weight excluding hydrogens is 310 g/mol. The van der Waals surface area contributed by atoms with Crippen molar-refractivity contribution >= 4 is 27.7 Å². The van der Waals surface area contributed by atoms with E-state index in [1.807, 2.05) is 6.07 Å². The second kappa shape index (κ2) is 7.70. The van der Waals surface area contributed by atoms with Crippen LogP contribution in [0.3, 0.4) is 0 Å². The number of ketones is 1. The third-order valence-electron chi connectivity index (χ3n) is 2.51. The summed E-state index contributed by atoms with van der Waals surface area (Å²) in [5.41, 5.74) is 1.91. The normalized spacial score (nSPS) is 9.74. The zero-order valence-electron chi connectivity index (χ0n) is 10.6. The van der Waals surface area contributed by atoms with Crippen LogP contribution in [0.25, 0.3) is 0 Å². The highest BCUT2D eigenvalue weighted by atomic mass is 79.9. The Hall–Kier alpha value is -1.67. The van der Waals surface area contributed by atoms with Crippen LogP contribution in [0, 0.1) is 11.3 Å². The molecule has 0 aliphatic heterocycles. The van der Waals surface area contributed by atoms with Crippen molar-refractivity contribution in [3.05, 3.63) is 34.9 Å². The SMILES string of the molecule is CCOC(=O)Cc1ccc(C#N)cc1CC(=O)CBr. The van der Waals surface area contributed by atoms with E-state index in [0.717, 1.165) is 5.56 Å². The number of esters is 1. The zero-order valence-corrected chi connectivity index (χ0v) is 12.2. The molecule has 1 rings (SSSR count). The minimum Gasteiger partial charge on any atom is -0.466 e. The first-order chi connectivity index (χ1) is 9.10. The molecule has 0 spiro atoms. The number of hydrogen-bond acceptors (Lipinski definition) is 4. The summed E-state index contributed by atoms with van der Waals surface area (Å²) in [5, 5.41) is 9.13. The molecule has 4 nitrogen and oxygen atoms in total. The van der Waals surface area contributed by atoms with E-state index in [1.54, 1.807) is 25.1 Å². The van der Waals surface area contributed by atoms with Crippen molar-refractivity contribution in [3.63, 3.8) is 0 Å². The topological polar surface area (TPSA) is 67.2 Å². The molecule has 1 aromatic carbocycles. The van der Waals surface area contributed by atoms with Crippen LogP contribution in [0.5, 0.6) is 0 Å². The number of Topliss-reactive ketones (excluding diaryl/α,β-unsaturated/α-hetero) is 1. The zero-order chi connectivity index (χ0) is 14.3. The van der Waals surface area contributed by atoms with Crippen LogP contribution in [-0.4, -0.2) is 23.7 Å². The van der Waals surface area contributed by atoms with Gasteiger partial charge >= 0.3 is 5.97 Å². The van der Waals surface area contributed by atoms with Gasteiger partial charge in [0.2, 0.25) is 0 Å². The van der Waals surface area contributed by atoms with E-state index in [0.29, 0.717) is 17.7 Å². The van der Waals surface area contributed by atoms with Gasteiger partial charge in [-0.2, -0.15) is 5.26 Å². The van der Waals surface area contributed by atoms with Crippen molar-refractivity contribution in [3.8, 4) is 6.07 Å². The number of carbonyl (C=O) groups is 2. The van der Waals surface area contributed by atoms with Crippen LogP contribution >= 0.6 is 15.9 Å². The molecule has 0 amide bonds. The molecule has 0 radical (unpaired) electrons. The fourth-order valence-electron chi connectivity index (χ4n) is 1.66. The standard InChI is InChI=1S/C14H14BrNO3/c1-2-19-14(18)7-11-4-3-10(9-16)5-12(11)6-13(17)8-15/h3-5H,2,6-8H2,1H3.